The molecule has 2 N–H and O–H groups in total. The Balaban J connectivity index is 0.00000156. The second-order valence-corrected chi connectivity index (χ2v) is 5.47. The predicted octanol–water partition coefficient (Wildman–Crippen LogP) is 1.78. The second-order valence-electron chi connectivity index (χ2n) is 5.47. The number of hydrogen-bond acceptors (Lipinski definition) is 3. The third kappa shape index (κ3) is 2.50. The number of carbonyl (C=O) groups excluding carboxylic acids is 1. The molecule has 1 aliphatic heterocycles. The van der Waals surface area contributed by atoms with E-state index >= 15 is 0 Å². The van der Waals surface area contributed by atoms with Crippen LogP contribution in [-0.2, 0) is 0 Å². The molecule has 1 amide bonds. The number of rotatable bonds is 0. The summed E-state index contributed by atoms with van der Waals surface area (Å²) in [6, 6.07) is 9.19. The number of piperazine rings is 1. The van der Waals surface area contributed by atoms with Crippen LogP contribution in [0.4, 0.5) is 4.79 Å². The standard InChI is InChI=1S/C16H16N4O2.ClH/c21-15-12-5-8-20(16(22)19-9-6-17-7-10-19)14(12)11-3-1-2-4-13(11)18-15;/h1-5,8,17H,6-7,9-10H2,(H,18,21);1H. The number of halogens is 1. The van der Waals surface area contributed by atoms with E-state index in [1.807, 2.05) is 29.2 Å². The lowest BCUT2D eigenvalue weighted by Gasteiger charge is -2.27. The summed E-state index contributed by atoms with van der Waals surface area (Å²) >= 11 is 0. The van der Waals surface area contributed by atoms with Gasteiger partial charge in [0, 0.05) is 37.8 Å². The van der Waals surface area contributed by atoms with Crippen molar-refractivity contribution in [3.8, 4) is 0 Å². The van der Waals surface area contributed by atoms with Crippen molar-refractivity contribution in [3.05, 3.63) is 46.9 Å². The van der Waals surface area contributed by atoms with Gasteiger partial charge in [0.25, 0.3) is 5.56 Å². The maximum absolute atomic E-state index is 12.8. The Hall–Kier alpha value is -2.31. The van der Waals surface area contributed by atoms with Crippen molar-refractivity contribution in [2.24, 2.45) is 0 Å². The van der Waals surface area contributed by atoms with Crippen molar-refractivity contribution < 1.29 is 4.79 Å². The lowest BCUT2D eigenvalue weighted by molar-refractivity contribution is 0.193. The van der Waals surface area contributed by atoms with E-state index < -0.39 is 0 Å². The smallest absolute Gasteiger partial charge is 0.322 e. The number of benzene rings is 1. The van der Waals surface area contributed by atoms with E-state index in [-0.39, 0.29) is 24.0 Å². The first-order valence-corrected chi connectivity index (χ1v) is 7.38. The molecule has 0 atom stereocenters. The average molecular weight is 333 g/mol. The molecule has 0 bridgehead atoms. The Kier molecular flexibility index (Phi) is 4.11. The fourth-order valence-electron chi connectivity index (χ4n) is 3.05. The summed E-state index contributed by atoms with van der Waals surface area (Å²) in [5.74, 6) is 0. The minimum absolute atomic E-state index is 0. The number of pyridine rings is 1. The number of nitrogens with zero attached hydrogens (tertiary/aromatic N) is 2. The first kappa shape index (κ1) is 15.6. The molecule has 120 valence electrons. The van der Waals surface area contributed by atoms with Crippen molar-refractivity contribution in [1.29, 1.82) is 0 Å². The number of H-pyrrole nitrogens is 1. The van der Waals surface area contributed by atoms with E-state index in [1.54, 1.807) is 16.8 Å². The van der Waals surface area contributed by atoms with Gasteiger partial charge in [-0.05, 0) is 12.1 Å². The zero-order valence-electron chi connectivity index (χ0n) is 12.4. The Labute approximate surface area is 138 Å². The molecule has 1 aliphatic rings. The van der Waals surface area contributed by atoms with E-state index in [2.05, 4.69) is 10.3 Å². The van der Waals surface area contributed by atoms with Gasteiger partial charge >= 0.3 is 6.03 Å². The first-order valence-electron chi connectivity index (χ1n) is 7.38. The zero-order valence-corrected chi connectivity index (χ0v) is 13.2. The molecule has 23 heavy (non-hydrogen) atoms. The SMILES string of the molecule is Cl.O=C(N1CCNCC1)n1ccc2c(=O)[nH]c3ccccc3c21. The molecule has 0 radical (unpaired) electrons. The molecular weight excluding hydrogens is 316 g/mol. The predicted molar refractivity (Wildman–Crippen MR) is 92.5 cm³/mol. The molecule has 0 aliphatic carbocycles. The fraction of sp³-hybridized carbons (Fsp3) is 0.250. The van der Waals surface area contributed by atoms with Crippen molar-refractivity contribution in [3.63, 3.8) is 0 Å². The summed E-state index contributed by atoms with van der Waals surface area (Å²) in [6.07, 6.45) is 1.69. The highest BCUT2D eigenvalue weighted by molar-refractivity contribution is 6.07. The van der Waals surface area contributed by atoms with Crippen molar-refractivity contribution in [1.82, 2.24) is 19.8 Å². The molecule has 1 saturated heterocycles. The van der Waals surface area contributed by atoms with Crippen LogP contribution in [0.15, 0.2) is 41.3 Å². The van der Waals surface area contributed by atoms with E-state index in [0.717, 1.165) is 24.0 Å². The number of para-hydroxylation sites is 1. The molecule has 4 rings (SSSR count). The number of aromatic nitrogens is 2. The van der Waals surface area contributed by atoms with Gasteiger partial charge in [-0.3, -0.25) is 9.36 Å². The summed E-state index contributed by atoms with van der Waals surface area (Å²) in [7, 11) is 0. The topological polar surface area (TPSA) is 70.1 Å². The third-order valence-electron chi connectivity index (χ3n) is 4.15. The van der Waals surface area contributed by atoms with Crippen LogP contribution >= 0.6 is 12.4 Å². The Morgan fingerprint density at radius 1 is 1.04 bits per heavy atom. The van der Waals surface area contributed by atoms with Crippen LogP contribution in [-0.4, -0.2) is 46.7 Å². The maximum atomic E-state index is 12.8. The lowest BCUT2D eigenvalue weighted by atomic mass is 10.1. The molecule has 1 aromatic carbocycles. The summed E-state index contributed by atoms with van der Waals surface area (Å²) in [4.78, 5) is 29.7. The Morgan fingerprint density at radius 3 is 2.57 bits per heavy atom. The summed E-state index contributed by atoms with van der Waals surface area (Å²) < 4.78 is 1.60. The van der Waals surface area contributed by atoms with Gasteiger partial charge in [0.15, 0.2) is 0 Å². The highest BCUT2D eigenvalue weighted by atomic mass is 35.5. The highest BCUT2D eigenvalue weighted by Crippen LogP contribution is 2.22. The molecule has 0 unspecified atom stereocenters. The fourth-order valence-corrected chi connectivity index (χ4v) is 3.05. The number of nitrogens with one attached hydrogen (secondary N) is 2. The van der Waals surface area contributed by atoms with Crippen LogP contribution < -0.4 is 10.9 Å². The minimum atomic E-state index is -0.166. The van der Waals surface area contributed by atoms with Crippen LogP contribution in [0.25, 0.3) is 21.8 Å². The van der Waals surface area contributed by atoms with Crippen LogP contribution in [0.1, 0.15) is 0 Å². The molecule has 2 aromatic heterocycles. The van der Waals surface area contributed by atoms with Crippen LogP contribution in [0.5, 0.6) is 0 Å². The summed E-state index contributed by atoms with van der Waals surface area (Å²) in [5, 5.41) is 4.66. The van der Waals surface area contributed by atoms with Gasteiger partial charge in [0.1, 0.15) is 0 Å². The number of aromatic amines is 1. The van der Waals surface area contributed by atoms with Crippen LogP contribution in [0.3, 0.4) is 0 Å². The molecule has 0 spiro atoms. The van der Waals surface area contributed by atoms with Gasteiger partial charge in [0.05, 0.1) is 16.4 Å². The second kappa shape index (κ2) is 6.06. The van der Waals surface area contributed by atoms with Gasteiger partial charge < -0.3 is 15.2 Å². The van der Waals surface area contributed by atoms with Gasteiger partial charge in [-0.15, -0.1) is 12.4 Å². The lowest BCUT2D eigenvalue weighted by Crippen LogP contribution is -2.47. The van der Waals surface area contributed by atoms with E-state index in [0.29, 0.717) is 24.0 Å². The quantitative estimate of drug-likeness (QED) is 0.659. The molecule has 3 heterocycles. The number of fused-ring (bicyclic) bond motifs is 3. The van der Waals surface area contributed by atoms with Crippen LogP contribution in [0, 0.1) is 0 Å². The largest absolute Gasteiger partial charge is 0.328 e. The normalized spacial score (nSPS) is 14.9. The molecular formula is C16H17ClN4O2. The number of amides is 1. The number of carbonyl (C=O) groups is 1. The summed E-state index contributed by atoms with van der Waals surface area (Å²) in [6.45, 7) is 2.96. The average Bonchev–Trinajstić information content (AvgIpc) is 3.01. The minimum Gasteiger partial charge on any atom is -0.322 e. The number of hydrogen-bond donors (Lipinski definition) is 2. The molecule has 3 aromatic rings. The van der Waals surface area contributed by atoms with E-state index in [9.17, 15) is 9.59 Å². The van der Waals surface area contributed by atoms with E-state index in [4.69, 9.17) is 0 Å². The highest BCUT2D eigenvalue weighted by Gasteiger charge is 2.20. The summed E-state index contributed by atoms with van der Waals surface area (Å²) in [5.41, 5.74) is 1.26. The Morgan fingerprint density at radius 2 is 1.78 bits per heavy atom. The van der Waals surface area contributed by atoms with E-state index in [1.165, 1.54) is 0 Å². The molecule has 7 heteroatoms. The monoisotopic (exact) mass is 332 g/mol. The molecule has 1 fully saturated rings. The third-order valence-corrected chi connectivity index (χ3v) is 4.15. The Bertz CT molecular complexity index is 925. The van der Waals surface area contributed by atoms with Crippen LogP contribution in [0.2, 0.25) is 0 Å². The first-order chi connectivity index (χ1) is 10.8. The van der Waals surface area contributed by atoms with Gasteiger partial charge in [0.2, 0.25) is 0 Å². The van der Waals surface area contributed by atoms with Gasteiger partial charge in [-0.2, -0.15) is 0 Å². The molecule has 6 nitrogen and oxygen atoms in total. The van der Waals surface area contributed by atoms with Crippen molar-refractivity contribution in [2.45, 2.75) is 0 Å². The van der Waals surface area contributed by atoms with Gasteiger partial charge in [-0.25, -0.2) is 4.79 Å². The van der Waals surface area contributed by atoms with Gasteiger partial charge in [-0.1, -0.05) is 18.2 Å². The van der Waals surface area contributed by atoms with Crippen molar-refractivity contribution >= 4 is 40.2 Å². The zero-order chi connectivity index (χ0) is 15.1. The molecule has 0 saturated carbocycles. The van der Waals surface area contributed by atoms with Crippen molar-refractivity contribution in [2.75, 3.05) is 26.2 Å². The maximum Gasteiger partial charge on any atom is 0.328 e.